The highest BCUT2D eigenvalue weighted by Crippen LogP contribution is 2.26. The van der Waals surface area contributed by atoms with Gasteiger partial charge >= 0.3 is 0 Å². The first-order valence-electron chi connectivity index (χ1n) is 12.2. The lowest BCUT2D eigenvalue weighted by atomic mass is 10.1. The molecule has 2 fully saturated rings. The van der Waals surface area contributed by atoms with Crippen LogP contribution in [-0.2, 0) is 4.74 Å². The quantitative estimate of drug-likeness (QED) is 0.531. The van der Waals surface area contributed by atoms with Crippen molar-refractivity contribution in [3.8, 4) is 0 Å². The van der Waals surface area contributed by atoms with Crippen molar-refractivity contribution in [2.45, 2.75) is 44.7 Å². The molecule has 1 atom stereocenters. The van der Waals surface area contributed by atoms with E-state index in [0.717, 1.165) is 41.2 Å². The van der Waals surface area contributed by atoms with E-state index in [0.29, 0.717) is 31.4 Å². The SMILES string of the molecule is CC(C)c1ncc(C(CNC(=O)c2cccc3nc(NC4CC4)ccc23)N2CCOCC2)cn1. The van der Waals surface area contributed by atoms with Gasteiger partial charge in [-0.25, -0.2) is 15.0 Å². The molecule has 34 heavy (non-hydrogen) atoms. The van der Waals surface area contributed by atoms with E-state index < -0.39 is 0 Å². The van der Waals surface area contributed by atoms with Crippen molar-refractivity contribution in [3.63, 3.8) is 0 Å². The lowest BCUT2D eigenvalue weighted by Gasteiger charge is -2.34. The summed E-state index contributed by atoms with van der Waals surface area (Å²) < 4.78 is 5.54. The van der Waals surface area contributed by atoms with Crippen molar-refractivity contribution in [2.75, 3.05) is 38.2 Å². The maximum Gasteiger partial charge on any atom is 0.252 e. The minimum atomic E-state index is -0.103. The standard InChI is InChI=1S/C26H32N6O2/c1-17(2)25-27-14-18(15-28-25)23(32-10-12-34-13-11-32)16-29-26(33)21-4-3-5-22-20(21)8-9-24(31-22)30-19-6-7-19/h3-5,8-9,14-15,17,19,23H,6-7,10-13,16H2,1-2H3,(H,29,33)(H,30,31). The van der Waals surface area contributed by atoms with Crippen LogP contribution in [0.4, 0.5) is 5.82 Å². The number of fused-ring (bicyclic) bond motifs is 1. The summed E-state index contributed by atoms with van der Waals surface area (Å²) in [6.45, 7) is 7.61. The van der Waals surface area contributed by atoms with E-state index in [4.69, 9.17) is 9.72 Å². The second kappa shape index (κ2) is 10.0. The molecule has 1 saturated carbocycles. The van der Waals surface area contributed by atoms with Crippen molar-refractivity contribution in [1.29, 1.82) is 0 Å². The number of hydrogen-bond acceptors (Lipinski definition) is 7. The molecule has 178 valence electrons. The van der Waals surface area contributed by atoms with Gasteiger partial charge < -0.3 is 15.4 Å². The molecule has 0 radical (unpaired) electrons. The van der Waals surface area contributed by atoms with Crippen LogP contribution in [0.5, 0.6) is 0 Å². The summed E-state index contributed by atoms with van der Waals surface area (Å²) in [5.41, 5.74) is 2.46. The molecule has 2 N–H and O–H groups in total. The van der Waals surface area contributed by atoms with Crippen LogP contribution in [0.1, 0.15) is 60.4 Å². The Hall–Kier alpha value is -3.10. The van der Waals surface area contributed by atoms with E-state index in [1.807, 2.05) is 42.7 Å². The molecule has 8 heteroatoms. The molecule has 2 aliphatic rings. The van der Waals surface area contributed by atoms with Crippen LogP contribution >= 0.6 is 0 Å². The third-order valence-electron chi connectivity index (χ3n) is 6.44. The van der Waals surface area contributed by atoms with Gasteiger partial charge in [-0.2, -0.15) is 0 Å². The normalized spacial score (nSPS) is 17.6. The number of aromatic nitrogens is 3. The predicted molar refractivity (Wildman–Crippen MR) is 132 cm³/mol. The molecule has 3 aromatic rings. The Morgan fingerprint density at radius 3 is 2.59 bits per heavy atom. The van der Waals surface area contributed by atoms with E-state index in [9.17, 15) is 4.79 Å². The van der Waals surface area contributed by atoms with Crippen LogP contribution in [0.3, 0.4) is 0 Å². The van der Waals surface area contributed by atoms with Crippen molar-refractivity contribution in [3.05, 3.63) is 59.7 Å². The molecule has 1 saturated heterocycles. The Morgan fingerprint density at radius 1 is 1.12 bits per heavy atom. The average Bonchev–Trinajstić information content (AvgIpc) is 3.68. The first kappa shape index (κ1) is 22.7. The molecule has 1 aliphatic heterocycles. The van der Waals surface area contributed by atoms with Gasteiger partial charge in [0.15, 0.2) is 0 Å². The Balaban J connectivity index is 1.34. The molecular weight excluding hydrogens is 428 g/mol. The van der Waals surface area contributed by atoms with Crippen LogP contribution in [0, 0.1) is 0 Å². The number of rotatable bonds is 8. The summed E-state index contributed by atoms with van der Waals surface area (Å²) in [5, 5.41) is 7.44. The molecule has 2 aromatic heterocycles. The lowest BCUT2D eigenvalue weighted by molar-refractivity contribution is 0.0161. The fraction of sp³-hybridized carbons (Fsp3) is 0.462. The number of carbonyl (C=O) groups is 1. The molecule has 8 nitrogen and oxygen atoms in total. The van der Waals surface area contributed by atoms with Gasteiger partial charge in [-0.15, -0.1) is 0 Å². The van der Waals surface area contributed by atoms with Crippen LogP contribution < -0.4 is 10.6 Å². The Kier molecular flexibility index (Phi) is 6.69. The molecule has 1 unspecified atom stereocenters. The molecular formula is C26H32N6O2. The lowest BCUT2D eigenvalue weighted by Crippen LogP contribution is -2.44. The van der Waals surface area contributed by atoms with Gasteiger partial charge in [0.2, 0.25) is 0 Å². The van der Waals surface area contributed by atoms with Crippen molar-refractivity contribution in [1.82, 2.24) is 25.2 Å². The minimum absolute atomic E-state index is 0.0171. The van der Waals surface area contributed by atoms with E-state index in [1.54, 1.807) is 0 Å². The Bertz CT molecular complexity index is 1140. The second-order valence-corrected chi connectivity index (χ2v) is 9.39. The first-order chi connectivity index (χ1) is 16.6. The van der Waals surface area contributed by atoms with Crippen molar-refractivity contribution >= 4 is 22.6 Å². The van der Waals surface area contributed by atoms with Crippen LogP contribution in [0.2, 0.25) is 0 Å². The number of ether oxygens (including phenoxy) is 1. The molecule has 1 aliphatic carbocycles. The number of nitrogens with one attached hydrogen (secondary N) is 2. The van der Waals surface area contributed by atoms with E-state index in [-0.39, 0.29) is 17.9 Å². The number of amides is 1. The zero-order chi connectivity index (χ0) is 23.5. The third kappa shape index (κ3) is 5.18. The second-order valence-electron chi connectivity index (χ2n) is 9.39. The Morgan fingerprint density at radius 2 is 1.88 bits per heavy atom. The molecule has 1 aromatic carbocycles. The molecule has 3 heterocycles. The fourth-order valence-corrected chi connectivity index (χ4v) is 4.32. The van der Waals surface area contributed by atoms with Gasteiger partial charge in [0.05, 0.1) is 24.8 Å². The maximum atomic E-state index is 13.3. The van der Waals surface area contributed by atoms with Crippen molar-refractivity contribution < 1.29 is 9.53 Å². The summed E-state index contributed by atoms with van der Waals surface area (Å²) in [7, 11) is 0. The summed E-state index contributed by atoms with van der Waals surface area (Å²) in [4.78, 5) is 29.4. The number of pyridine rings is 1. The summed E-state index contributed by atoms with van der Waals surface area (Å²) in [6.07, 6.45) is 6.17. The molecule has 0 bridgehead atoms. The number of carbonyl (C=O) groups excluding carboxylic acids is 1. The number of anilines is 1. The summed E-state index contributed by atoms with van der Waals surface area (Å²) in [6, 6.07) is 10.2. The Labute approximate surface area is 200 Å². The first-order valence-corrected chi connectivity index (χ1v) is 12.2. The minimum Gasteiger partial charge on any atom is -0.379 e. The monoisotopic (exact) mass is 460 g/mol. The van der Waals surface area contributed by atoms with E-state index >= 15 is 0 Å². The van der Waals surface area contributed by atoms with Gasteiger partial charge in [0.25, 0.3) is 5.91 Å². The van der Waals surface area contributed by atoms with Crippen LogP contribution in [-0.4, -0.2) is 64.6 Å². The third-order valence-corrected chi connectivity index (χ3v) is 6.44. The number of nitrogens with zero attached hydrogens (tertiary/aromatic N) is 4. The fourth-order valence-electron chi connectivity index (χ4n) is 4.32. The van der Waals surface area contributed by atoms with E-state index in [2.05, 4.69) is 39.3 Å². The highest BCUT2D eigenvalue weighted by molar-refractivity contribution is 6.06. The van der Waals surface area contributed by atoms with Gasteiger partial charge in [-0.1, -0.05) is 19.9 Å². The number of benzene rings is 1. The zero-order valence-corrected chi connectivity index (χ0v) is 19.8. The van der Waals surface area contributed by atoms with Gasteiger partial charge in [0, 0.05) is 60.5 Å². The smallest absolute Gasteiger partial charge is 0.252 e. The van der Waals surface area contributed by atoms with E-state index in [1.165, 1.54) is 12.8 Å². The highest BCUT2D eigenvalue weighted by atomic mass is 16.5. The summed E-state index contributed by atoms with van der Waals surface area (Å²) in [5.74, 6) is 1.86. The largest absolute Gasteiger partial charge is 0.379 e. The van der Waals surface area contributed by atoms with Crippen LogP contribution in [0.25, 0.3) is 10.9 Å². The number of morpholine rings is 1. The van der Waals surface area contributed by atoms with Crippen molar-refractivity contribution in [2.24, 2.45) is 0 Å². The van der Waals surface area contributed by atoms with Gasteiger partial charge in [-0.3, -0.25) is 9.69 Å². The topological polar surface area (TPSA) is 92.3 Å². The number of hydrogen-bond donors (Lipinski definition) is 2. The summed E-state index contributed by atoms with van der Waals surface area (Å²) >= 11 is 0. The zero-order valence-electron chi connectivity index (χ0n) is 19.8. The molecule has 1 amide bonds. The van der Waals surface area contributed by atoms with Crippen LogP contribution in [0.15, 0.2) is 42.7 Å². The molecule has 5 rings (SSSR count). The average molecular weight is 461 g/mol. The molecule has 0 spiro atoms. The predicted octanol–water partition coefficient (Wildman–Crippen LogP) is 3.53. The maximum absolute atomic E-state index is 13.3. The highest BCUT2D eigenvalue weighted by Gasteiger charge is 2.25. The van der Waals surface area contributed by atoms with Gasteiger partial charge in [-0.05, 0) is 37.1 Å². The van der Waals surface area contributed by atoms with Gasteiger partial charge in [0.1, 0.15) is 11.6 Å².